The molecule has 0 saturated carbocycles. The number of hydrogen-bond acceptors (Lipinski definition) is 4. The van der Waals surface area contributed by atoms with E-state index < -0.39 is 0 Å². The fourth-order valence-corrected chi connectivity index (χ4v) is 2.52. The third-order valence-corrected chi connectivity index (χ3v) is 4.18. The lowest BCUT2D eigenvalue weighted by Crippen LogP contribution is -1.94. The highest BCUT2D eigenvalue weighted by Gasteiger charge is 2.04. The minimum Gasteiger partial charge on any atom is -0.497 e. The first kappa shape index (κ1) is 18.0. The SMILES string of the molecule is COc1ccc(C(=O)/C=C/c2ccc(COc3ccc(Br)cc3)o2)cc1. The van der Waals surface area contributed by atoms with E-state index in [0.717, 1.165) is 10.2 Å². The van der Waals surface area contributed by atoms with E-state index in [0.29, 0.717) is 29.4 Å². The van der Waals surface area contributed by atoms with Crippen molar-refractivity contribution in [1.82, 2.24) is 0 Å². The molecule has 0 N–H and O–H groups in total. The van der Waals surface area contributed by atoms with E-state index in [4.69, 9.17) is 13.9 Å². The first-order chi connectivity index (χ1) is 12.6. The standard InChI is InChI=1S/C21H17BrO4/c1-24-17-6-2-15(3-7-17)21(23)13-12-19-10-11-20(26-19)14-25-18-8-4-16(22)5-9-18/h2-13H,14H2,1H3/b13-12+. The highest BCUT2D eigenvalue weighted by atomic mass is 79.9. The Morgan fingerprint density at radius 2 is 1.69 bits per heavy atom. The number of carbonyl (C=O) groups is 1. The molecule has 1 heterocycles. The molecule has 0 spiro atoms. The van der Waals surface area contributed by atoms with Gasteiger partial charge in [-0.3, -0.25) is 4.79 Å². The second-order valence-corrected chi connectivity index (χ2v) is 6.39. The fraction of sp³-hybridized carbons (Fsp3) is 0.0952. The van der Waals surface area contributed by atoms with Gasteiger partial charge in [-0.1, -0.05) is 15.9 Å². The molecule has 0 aliphatic heterocycles. The first-order valence-electron chi connectivity index (χ1n) is 7.97. The lowest BCUT2D eigenvalue weighted by atomic mass is 10.1. The molecule has 0 aliphatic rings. The van der Waals surface area contributed by atoms with E-state index in [1.165, 1.54) is 6.08 Å². The predicted octanol–water partition coefficient (Wildman–Crippen LogP) is 5.53. The lowest BCUT2D eigenvalue weighted by Gasteiger charge is -2.03. The normalized spacial score (nSPS) is 10.8. The van der Waals surface area contributed by atoms with Crippen molar-refractivity contribution in [1.29, 1.82) is 0 Å². The number of carbonyl (C=O) groups excluding carboxylic acids is 1. The summed E-state index contributed by atoms with van der Waals surface area (Å²) in [5.41, 5.74) is 0.590. The summed E-state index contributed by atoms with van der Waals surface area (Å²) in [5.74, 6) is 2.66. The van der Waals surface area contributed by atoms with Gasteiger partial charge in [-0.05, 0) is 72.8 Å². The van der Waals surface area contributed by atoms with Crippen LogP contribution in [0.3, 0.4) is 0 Å². The van der Waals surface area contributed by atoms with E-state index in [-0.39, 0.29) is 5.78 Å². The van der Waals surface area contributed by atoms with Crippen LogP contribution in [-0.4, -0.2) is 12.9 Å². The first-order valence-corrected chi connectivity index (χ1v) is 8.77. The number of methoxy groups -OCH3 is 1. The Kier molecular flexibility index (Phi) is 5.92. The summed E-state index contributed by atoms with van der Waals surface area (Å²) in [4.78, 5) is 12.2. The van der Waals surface area contributed by atoms with E-state index in [1.54, 1.807) is 43.5 Å². The van der Waals surface area contributed by atoms with Gasteiger partial charge in [-0.25, -0.2) is 0 Å². The van der Waals surface area contributed by atoms with Crippen LogP contribution in [-0.2, 0) is 6.61 Å². The van der Waals surface area contributed by atoms with Crippen molar-refractivity contribution < 1.29 is 18.7 Å². The van der Waals surface area contributed by atoms with Crippen LogP contribution in [0.4, 0.5) is 0 Å². The molecule has 0 unspecified atom stereocenters. The maximum Gasteiger partial charge on any atom is 0.185 e. The van der Waals surface area contributed by atoms with Gasteiger partial charge in [0.25, 0.3) is 0 Å². The Bertz CT molecular complexity index is 893. The summed E-state index contributed by atoms with van der Waals surface area (Å²) in [7, 11) is 1.59. The molecule has 0 atom stereocenters. The van der Waals surface area contributed by atoms with Gasteiger partial charge >= 0.3 is 0 Å². The van der Waals surface area contributed by atoms with Gasteiger partial charge in [0.1, 0.15) is 29.6 Å². The van der Waals surface area contributed by atoms with Crippen molar-refractivity contribution in [2.24, 2.45) is 0 Å². The molecule has 0 saturated heterocycles. The van der Waals surface area contributed by atoms with Gasteiger partial charge in [0.05, 0.1) is 7.11 Å². The third kappa shape index (κ3) is 4.86. The van der Waals surface area contributed by atoms with Gasteiger partial charge in [0.15, 0.2) is 5.78 Å². The maximum atomic E-state index is 12.2. The molecule has 26 heavy (non-hydrogen) atoms. The summed E-state index contributed by atoms with van der Waals surface area (Å²) in [6.45, 7) is 0.321. The average molecular weight is 413 g/mol. The average Bonchev–Trinajstić information content (AvgIpc) is 3.13. The second-order valence-electron chi connectivity index (χ2n) is 5.47. The van der Waals surface area contributed by atoms with E-state index in [9.17, 15) is 4.79 Å². The highest BCUT2D eigenvalue weighted by Crippen LogP contribution is 2.19. The zero-order chi connectivity index (χ0) is 18.4. The lowest BCUT2D eigenvalue weighted by molar-refractivity contribution is 0.104. The topological polar surface area (TPSA) is 48.7 Å². The predicted molar refractivity (Wildman–Crippen MR) is 104 cm³/mol. The molecule has 0 aliphatic carbocycles. The Balaban J connectivity index is 1.57. The number of furan rings is 1. The van der Waals surface area contributed by atoms with Crippen molar-refractivity contribution >= 4 is 27.8 Å². The number of allylic oxidation sites excluding steroid dienone is 1. The molecule has 0 radical (unpaired) electrons. The highest BCUT2D eigenvalue weighted by molar-refractivity contribution is 9.10. The van der Waals surface area contributed by atoms with Crippen molar-refractivity contribution in [3.8, 4) is 11.5 Å². The summed E-state index contributed by atoms with van der Waals surface area (Å²) in [5, 5.41) is 0. The summed E-state index contributed by atoms with van der Waals surface area (Å²) < 4.78 is 17.4. The van der Waals surface area contributed by atoms with Crippen LogP contribution in [0.15, 0.2) is 75.6 Å². The van der Waals surface area contributed by atoms with Crippen molar-refractivity contribution in [3.63, 3.8) is 0 Å². The molecule has 0 amide bonds. The number of benzene rings is 2. The molecule has 3 aromatic rings. The van der Waals surface area contributed by atoms with Crippen LogP contribution in [0.5, 0.6) is 11.5 Å². The zero-order valence-corrected chi connectivity index (χ0v) is 15.7. The van der Waals surface area contributed by atoms with Gasteiger partial charge in [0, 0.05) is 10.0 Å². The fourth-order valence-electron chi connectivity index (χ4n) is 2.26. The van der Waals surface area contributed by atoms with Crippen LogP contribution in [0.25, 0.3) is 6.08 Å². The number of ether oxygens (including phenoxy) is 2. The molecule has 3 rings (SSSR count). The molecule has 0 fully saturated rings. The molecule has 0 bridgehead atoms. The number of hydrogen-bond donors (Lipinski definition) is 0. The number of ketones is 1. The van der Waals surface area contributed by atoms with E-state index >= 15 is 0 Å². The maximum absolute atomic E-state index is 12.2. The summed E-state index contributed by atoms with van der Waals surface area (Å²) in [6.07, 6.45) is 3.13. The molecule has 5 heteroatoms. The molecular weight excluding hydrogens is 396 g/mol. The molecular formula is C21H17BrO4. The van der Waals surface area contributed by atoms with Crippen molar-refractivity contribution in [2.75, 3.05) is 7.11 Å². The van der Waals surface area contributed by atoms with Gasteiger partial charge in [-0.15, -0.1) is 0 Å². The smallest absolute Gasteiger partial charge is 0.185 e. The Labute approximate surface area is 160 Å². The van der Waals surface area contributed by atoms with Gasteiger partial charge in [0.2, 0.25) is 0 Å². The third-order valence-electron chi connectivity index (χ3n) is 3.65. The number of rotatable bonds is 7. The Hall–Kier alpha value is -2.79. The van der Waals surface area contributed by atoms with E-state index in [2.05, 4.69) is 15.9 Å². The van der Waals surface area contributed by atoms with Crippen LogP contribution < -0.4 is 9.47 Å². The van der Waals surface area contributed by atoms with Crippen molar-refractivity contribution in [2.45, 2.75) is 6.61 Å². The Morgan fingerprint density at radius 3 is 2.38 bits per heavy atom. The largest absolute Gasteiger partial charge is 0.497 e. The van der Waals surface area contributed by atoms with Crippen LogP contribution in [0, 0.1) is 0 Å². The summed E-state index contributed by atoms with van der Waals surface area (Å²) >= 11 is 3.38. The zero-order valence-electron chi connectivity index (χ0n) is 14.1. The van der Waals surface area contributed by atoms with Crippen molar-refractivity contribution in [3.05, 3.63) is 88.3 Å². The van der Waals surface area contributed by atoms with Gasteiger partial charge in [-0.2, -0.15) is 0 Å². The number of halogens is 1. The van der Waals surface area contributed by atoms with E-state index in [1.807, 2.05) is 30.3 Å². The monoisotopic (exact) mass is 412 g/mol. The van der Waals surface area contributed by atoms with Crippen LogP contribution in [0.2, 0.25) is 0 Å². The Morgan fingerprint density at radius 1 is 1.00 bits per heavy atom. The minimum atomic E-state index is -0.100. The van der Waals surface area contributed by atoms with Crippen LogP contribution in [0.1, 0.15) is 21.9 Å². The minimum absolute atomic E-state index is 0.100. The molecule has 132 valence electrons. The quantitative estimate of drug-likeness (QED) is 0.378. The molecule has 4 nitrogen and oxygen atoms in total. The molecule has 2 aromatic carbocycles. The van der Waals surface area contributed by atoms with Gasteiger partial charge < -0.3 is 13.9 Å². The second kappa shape index (κ2) is 8.54. The molecule has 1 aromatic heterocycles. The summed E-state index contributed by atoms with van der Waals surface area (Å²) in [6, 6.07) is 18.2. The van der Waals surface area contributed by atoms with Crippen LogP contribution >= 0.6 is 15.9 Å².